The summed E-state index contributed by atoms with van der Waals surface area (Å²) in [6, 6.07) is 10.9. The van der Waals surface area contributed by atoms with Crippen molar-refractivity contribution in [1.29, 1.82) is 0 Å². The van der Waals surface area contributed by atoms with Gasteiger partial charge in [-0.3, -0.25) is 9.89 Å². The number of carbonyl (C=O) groups excluding carboxylic acids is 1. The number of hydrogen-bond donors (Lipinski definition) is 2. The predicted molar refractivity (Wildman–Crippen MR) is 107 cm³/mol. The number of thioether (sulfide) groups is 1. The van der Waals surface area contributed by atoms with Gasteiger partial charge in [-0.05, 0) is 36.4 Å². The van der Waals surface area contributed by atoms with Gasteiger partial charge in [-0.2, -0.15) is 5.10 Å². The number of anilines is 1. The van der Waals surface area contributed by atoms with Crippen molar-refractivity contribution in [2.24, 2.45) is 7.05 Å². The fourth-order valence-electron chi connectivity index (χ4n) is 2.62. The van der Waals surface area contributed by atoms with Gasteiger partial charge in [0.25, 0.3) is 5.24 Å². The molecule has 4 rings (SSSR count). The molecule has 10 heteroatoms. The molecule has 4 aromatic rings. The van der Waals surface area contributed by atoms with Crippen LogP contribution in [0.4, 0.5) is 10.5 Å². The molecule has 1 amide bonds. The number of hydrogen-bond acceptors (Lipinski definition) is 5. The first-order valence-corrected chi connectivity index (χ1v) is 9.34. The lowest BCUT2D eigenvalue weighted by molar-refractivity contribution is 0.269. The fourth-order valence-corrected chi connectivity index (χ4v) is 3.48. The van der Waals surface area contributed by atoms with Gasteiger partial charge in [0, 0.05) is 30.1 Å². The number of amides is 1. The Kier molecular flexibility index (Phi) is 4.77. The smallest absolute Gasteiger partial charge is 0.291 e. The minimum atomic E-state index is -0.258. The normalized spacial score (nSPS) is 11.1. The summed E-state index contributed by atoms with van der Waals surface area (Å²) >= 11 is 13.1. The largest absolute Gasteiger partial charge is 0.327 e. The Morgan fingerprint density at radius 2 is 1.93 bits per heavy atom. The zero-order valence-electron chi connectivity index (χ0n) is 13.9. The van der Waals surface area contributed by atoms with Crippen LogP contribution in [0.2, 0.25) is 10.0 Å². The molecule has 0 aliphatic rings. The van der Waals surface area contributed by atoms with Crippen LogP contribution in [0.25, 0.3) is 22.4 Å². The summed E-state index contributed by atoms with van der Waals surface area (Å²) in [6.45, 7) is 0. The average Bonchev–Trinajstić information content (AvgIpc) is 3.25. The summed E-state index contributed by atoms with van der Waals surface area (Å²) in [4.78, 5) is 20.5. The second-order valence-corrected chi connectivity index (χ2v) is 7.41. The quantitative estimate of drug-likeness (QED) is 0.457. The first kappa shape index (κ1) is 17.8. The molecule has 2 heterocycles. The first-order chi connectivity index (χ1) is 13.0. The van der Waals surface area contributed by atoms with E-state index in [-0.39, 0.29) is 5.24 Å². The number of rotatable bonds is 3. The Hall–Kier alpha value is -2.55. The van der Waals surface area contributed by atoms with Gasteiger partial charge in [0.15, 0.2) is 5.16 Å². The van der Waals surface area contributed by atoms with Crippen LogP contribution >= 0.6 is 35.0 Å². The number of H-pyrrole nitrogens is 1. The number of fused-ring (bicyclic) bond motifs is 1. The standard InChI is InChI=1S/C17H12Cl2N6OS/c1-25-14-7-12(19)11(18)6-13(14)23-15(25)9-2-4-10(5-3-9)22-17(26)27-16-20-8-21-24-16/h2-8H,1H3,(H,22,26)(H,20,21,24). The molecule has 2 aromatic heterocycles. The molecule has 0 aliphatic carbocycles. The molecule has 0 saturated carbocycles. The van der Waals surface area contributed by atoms with E-state index in [9.17, 15) is 4.79 Å². The molecule has 0 spiro atoms. The van der Waals surface area contributed by atoms with Crippen molar-refractivity contribution in [3.8, 4) is 11.4 Å². The van der Waals surface area contributed by atoms with Crippen LogP contribution < -0.4 is 5.32 Å². The van der Waals surface area contributed by atoms with Gasteiger partial charge in [-0.25, -0.2) is 9.97 Å². The summed E-state index contributed by atoms with van der Waals surface area (Å²) in [5, 5.41) is 10.2. The molecule has 0 bridgehead atoms. The third-order valence-corrected chi connectivity index (χ3v) is 5.29. The predicted octanol–water partition coefficient (Wildman–Crippen LogP) is 4.99. The maximum atomic E-state index is 12.0. The molecule has 136 valence electrons. The zero-order chi connectivity index (χ0) is 19.0. The number of halogens is 2. The van der Waals surface area contributed by atoms with Crippen LogP contribution in [0.3, 0.4) is 0 Å². The minimum absolute atomic E-state index is 0.258. The van der Waals surface area contributed by atoms with Crippen LogP contribution in [-0.2, 0) is 7.05 Å². The highest BCUT2D eigenvalue weighted by Gasteiger charge is 2.13. The SMILES string of the molecule is Cn1c(-c2ccc(NC(=O)Sc3ncn[nH]3)cc2)nc2cc(Cl)c(Cl)cc21. The molecular weight excluding hydrogens is 407 g/mol. The Bertz CT molecular complexity index is 1120. The van der Waals surface area contributed by atoms with Crippen molar-refractivity contribution in [1.82, 2.24) is 24.7 Å². The lowest BCUT2D eigenvalue weighted by Gasteiger charge is -2.06. The van der Waals surface area contributed by atoms with Crippen LogP contribution in [0.5, 0.6) is 0 Å². The highest BCUT2D eigenvalue weighted by molar-refractivity contribution is 8.13. The van der Waals surface area contributed by atoms with Gasteiger partial charge in [0.1, 0.15) is 12.2 Å². The molecule has 27 heavy (non-hydrogen) atoms. The topological polar surface area (TPSA) is 88.5 Å². The molecule has 2 aromatic carbocycles. The van der Waals surface area contributed by atoms with Crippen molar-refractivity contribution in [3.63, 3.8) is 0 Å². The molecule has 0 atom stereocenters. The van der Waals surface area contributed by atoms with Crippen molar-refractivity contribution in [2.75, 3.05) is 5.32 Å². The molecule has 2 N–H and O–H groups in total. The molecule has 7 nitrogen and oxygen atoms in total. The Balaban J connectivity index is 1.56. The molecular formula is C17H12Cl2N6OS. The number of nitrogens with one attached hydrogen (secondary N) is 2. The van der Waals surface area contributed by atoms with E-state index in [4.69, 9.17) is 23.2 Å². The number of aromatic nitrogens is 5. The Morgan fingerprint density at radius 3 is 2.63 bits per heavy atom. The molecule has 0 unspecified atom stereocenters. The maximum absolute atomic E-state index is 12.0. The molecule has 0 radical (unpaired) electrons. The Morgan fingerprint density at radius 1 is 1.19 bits per heavy atom. The summed E-state index contributed by atoms with van der Waals surface area (Å²) < 4.78 is 1.95. The van der Waals surface area contributed by atoms with Gasteiger partial charge < -0.3 is 9.88 Å². The summed E-state index contributed by atoms with van der Waals surface area (Å²) in [6.07, 6.45) is 1.35. The van der Waals surface area contributed by atoms with E-state index in [1.54, 1.807) is 12.1 Å². The van der Waals surface area contributed by atoms with E-state index >= 15 is 0 Å². The minimum Gasteiger partial charge on any atom is -0.327 e. The summed E-state index contributed by atoms with van der Waals surface area (Å²) in [7, 11) is 1.92. The van der Waals surface area contributed by atoms with Crippen LogP contribution in [0.1, 0.15) is 0 Å². The highest BCUT2D eigenvalue weighted by Crippen LogP contribution is 2.31. The van der Waals surface area contributed by atoms with E-state index < -0.39 is 0 Å². The lowest BCUT2D eigenvalue weighted by Crippen LogP contribution is -2.05. The first-order valence-electron chi connectivity index (χ1n) is 7.77. The third-order valence-electron chi connectivity index (χ3n) is 3.89. The Labute approximate surface area is 168 Å². The summed E-state index contributed by atoms with van der Waals surface area (Å²) in [5.41, 5.74) is 3.23. The molecule has 0 saturated heterocycles. The van der Waals surface area contributed by atoms with Gasteiger partial charge in [-0.1, -0.05) is 23.2 Å². The monoisotopic (exact) mass is 418 g/mol. The number of carbonyl (C=O) groups is 1. The van der Waals surface area contributed by atoms with Crippen molar-refractivity contribution < 1.29 is 4.79 Å². The maximum Gasteiger partial charge on any atom is 0.291 e. The average molecular weight is 419 g/mol. The van der Waals surface area contributed by atoms with Gasteiger partial charge in [0.2, 0.25) is 0 Å². The van der Waals surface area contributed by atoms with Crippen LogP contribution in [-0.4, -0.2) is 30.0 Å². The lowest BCUT2D eigenvalue weighted by atomic mass is 10.2. The van der Waals surface area contributed by atoms with Crippen LogP contribution in [0, 0.1) is 0 Å². The van der Waals surface area contributed by atoms with Gasteiger partial charge in [0.05, 0.1) is 21.1 Å². The fraction of sp³-hybridized carbons (Fsp3) is 0.0588. The molecule has 0 aliphatic heterocycles. The summed E-state index contributed by atoms with van der Waals surface area (Å²) in [5.74, 6) is 0.775. The number of nitrogens with zero attached hydrogens (tertiary/aromatic N) is 4. The van der Waals surface area contributed by atoms with Crippen molar-refractivity contribution >= 4 is 56.9 Å². The van der Waals surface area contributed by atoms with Crippen molar-refractivity contribution in [2.45, 2.75) is 5.16 Å². The number of benzene rings is 2. The molecule has 0 fully saturated rings. The second-order valence-electron chi connectivity index (χ2n) is 5.63. The van der Waals surface area contributed by atoms with E-state index in [1.165, 1.54) is 6.33 Å². The second kappa shape index (κ2) is 7.22. The number of aromatic amines is 1. The van der Waals surface area contributed by atoms with E-state index in [2.05, 4.69) is 25.5 Å². The third kappa shape index (κ3) is 3.64. The van der Waals surface area contributed by atoms with E-state index in [0.29, 0.717) is 20.9 Å². The highest BCUT2D eigenvalue weighted by atomic mass is 35.5. The van der Waals surface area contributed by atoms with E-state index in [1.807, 2.05) is 35.9 Å². The van der Waals surface area contributed by atoms with Gasteiger partial charge >= 0.3 is 0 Å². The van der Waals surface area contributed by atoms with Crippen molar-refractivity contribution in [3.05, 3.63) is 52.8 Å². The van der Waals surface area contributed by atoms with Gasteiger partial charge in [-0.15, -0.1) is 0 Å². The number of aryl methyl sites for hydroxylation is 1. The number of imidazole rings is 1. The zero-order valence-corrected chi connectivity index (χ0v) is 16.2. The van der Waals surface area contributed by atoms with E-state index in [0.717, 1.165) is 34.2 Å². The van der Waals surface area contributed by atoms with Crippen LogP contribution in [0.15, 0.2) is 47.9 Å².